The molecule has 1 heterocycles. The van der Waals surface area contributed by atoms with Crippen LogP contribution in [-0.4, -0.2) is 22.5 Å². The number of ether oxygens (including phenoxy) is 1. The van der Waals surface area contributed by atoms with Gasteiger partial charge in [-0.1, -0.05) is 18.5 Å². The normalized spacial score (nSPS) is 23.3. The summed E-state index contributed by atoms with van der Waals surface area (Å²) in [6.07, 6.45) is 4.22. The molecule has 0 amide bonds. The van der Waals surface area contributed by atoms with Gasteiger partial charge in [0.25, 0.3) is 0 Å². The third-order valence-electron chi connectivity index (χ3n) is 3.91. The van der Waals surface area contributed by atoms with E-state index in [1.54, 1.807) is 0 Å². The highest BCUT2D eigenvalue weighted by Gasteiger charge is 2.34. The van der Waals surface area contributed by atoms with Gasteiger partial charge in [-0.05, 0) is 33.1 Å². The van der Waals surface area contributed by atoms with Crippen molar-refractivity contribution in [2.45, 2.75) is 64.4 Å². The molecule has 0 aliphatic heterocycles. The van der Waals surface area contributed by atoms with Crippen molar-refractivity contribution in [3.63, 3.8) is 0 Å². The van der Waals surface area contributed by atoms with Gasteiger partial charge in [-0.3, -0.25) is 4.79 Å². The number of nitrogens with zero attached hydrogens (tertiary/aromatic N) is 2. The van der Waals surface area contributed by atoms with Crippen molar-refractivity contribution < 1.29 is 14.1 Å². The fraction of sp³-hybridized carbons (Fsp3) is 0.786. The van der Waals surface area contributed by atoms with E-state index in [1.165, 1.54) is 0 Å². The molecule has 0 N–H and O–H groups in total. The average Bonchev–Trinajstić information content (AvgIpc) is 2.89. The molecule has 19 heavy (non-hydrogen) atoms. The van der Waals surface area contributed by atoms with Crippen LogP contribution in [0.1, 0.15) is 70.5 Å². The van der Waals surface area contributed by atoms with Crippen molar-refractivity contribution in [2.75, 3.05) is 6.61 Å². The molecule has 2 unspecified atom stereocenters. The van der Waals surface area contributed by atoms with Gasteiger partial charge in [0.15, 0.2) is 0 Å². The molecule has 1 saturated carbocycles. The molecule has 5 heteroatoms. The topological polar surface area (TPSA) is 65.2 Å². The summed E-state index contributed by atoms with van der Waals surface area (Å²) >= 11 is 0. The molecule has 1 aliphatic carbocycles. The van der Waals surface area contributed by atoms with Crippen molar-refractivity contribution in [3.05, 3.63) is 11.7 Å². The van der Waals surface area contributed by atoms with Crippen LogP contribution in [0.25, 0.3) is 0 Å². The second-order valence-corrected chi connectivity index (χ2v) is 5.24. The number of ketones is 1. The van der Waals surface area contributed by atoms with Gasteiger partial charge < -0.3 is 9.26 Å². The van der Waals surface area contributed by atoms with Gasteiger partial charge in [0.1, 0.15) is 11.4 Å². The lowest BCUT2D eigenvalue weighted by Gasteiger charge is -2.24. The molecule has 1 aromatic heterocycles. The Labute approximate surface area is 113 Å². The first-order chi connectivity index (χ1) is 9.10. The van der Waals surface area contributed by atoms with Crippen molar-refractivity contribution in [1.29, 1.82) is 0 Å². The fourth-order valence-corrected chi connectivity index (χ4v) is 2.48. The first-order valence-corrected chi connectivity index (χ1v) is 7.11. The second kappa shape index (κ2) is 5.82. The zero-order valence-corrected chi connectivity index (χ0v) is 11.9. The highest BCUT2D eigenvalue weighted by molar-refractivity contribution is 5.85. The molecule has 0 radical (unpaired) electrons. The molecular formula is C14H22N2O3. The summed E-state index contributed by atoms with van der Waals surface area (Å²) in [5.74, 6) is 1.01. The Kier molecular flexibility index (Phi) is 4.34. The molecule has 5 nitrogen and oxygen atoms in total. The Morgan fingerprint density at radius 1 is 1.42 bits per heavy atom. The molecule has 1 fully saturated rings. The first-order valence-electron chi connectivity index (χ1n) is 7.11. The predicted octanol–water partition coefficient (Wildman–Crippen LogP) is 2.96. The smallest absolute Gasteiger partial charge is 0.237 e. The number of carbonyl (C=O) groups is 1. The van der Waals surface area contributed by atoms with Crippen molar-refractivity contribution in [1.82, 2.24) is 10.1 Å². The van der Waals surface area contributed by atoms with Crippen LogP contribution < -0.4 is 0 Å². The van der Waals surface area contributed by atoms with Gasteiger partial charge >= 0.3 is 0 Å². The van der Waals surface area contributed by atoms with Gasteiger partial charge in [0.05, 0.1) is 5.92 Å². The molecule has 1 aromatic rings. The minimum atomic E-state index is -0.534. The predicted molar refractivity (Wildman–Crippen MR) is 69.8 cm³/mol. The minimum Gasteiger partial charge on any atom is -0.367 e. The molecular weight excluding hydrogens is 244 g/mol. The van der Waals surface area contributed by atoms with E-state index in [9.17, 15) is 4.79 Å². The van der Waals surface area contributed by atoms with E-state index in [0.29, 0.717) is 24.7 Å². The summed E-state index contributed by atoms with van der Waals surface area (Å²) in [6.45, 7) is 6.52. The second-order valence-electron chi connectivity index (χ2n) is 5.24. The van der Waals surface area contributed by atoms with Gasteiger partial charge in [0, 0.05) is 13.0 Å². The molecule has 2 rings (SSSR count). The van der Waals surface area contributed by atoms with Gasteiger partial charge in [-0.2, -0.15) is 4.98 Å². The highest BCUT2D eigenvalue weighted by Crippen LogP contribution is 2.32. The summed E-state index contributed by atoms with van der Waals surface area (Å²) < 4.78 is 11.0. The lowest BCUT2D eigenvalue weighted by atomic mass is 9.88. The van der Waals surface area contributed by atoms with Gasteiger partial charge in [0.2, 0.25) is 11.7 Å². The third-order valence-corrected chi connectivity index (χ3v) is 3.91. The summed E-state index contributed by atoms with van der Waals surface area (Å²) in [5.41, 5.74) is -0.534. The van der Waals surface area contributed by atoms with Crippen LogP contribution in [0.2, 0.25) is 0 Å². The molecule has 0 spiro atoms. The van der Waals surface area contributed by atoms with Crippen molar-refractivity contribution >= 4 is 5.78 Å². The molecule has 0 bridgehead atoms. The first kappa shape index (κ1) is 14.2. The fourth-order valence-electron chi connectivity index (χ4n) is 2.48. The van der Waals surface area contributed by atoms with Crippen LogP contribution >= 0.6 is 0 Å². The summed E-state index contributed by atoms with van der Waals surface area (Å²) in [6, 6.07) is 0. The van der Waals surface area contributed by atoms with Crippen LogP contribution in [0.4, 0.5) is 0 Å². The van der Waals surface area contributed by atoms with E-state index in [0.717, 1.165) is 25.7 Å². The Balaban J connectivity index is 2.20. The van der Waals surface area contributed by atoms with Crippen molar-refractivity contribution in [3.8, 4) is 0 Å². The van der Waals surface area contributed by atoms with E-state index in [-0.39, 0.29) is 11.7 Å². The maximum absolute atomic E-state index is 11.9. The molecule has 0 saturated heterocycles. The molecule has 2 atom stereocenters. The lowest BCUT2D eigenvalue weighted by molar-refractivity contribution is -0.122. The standard InChI is InChI=1S/C14H22N2O3/c1-4-14(3,18-5-2)13-15-12(19-16-13)10-8-6-7-9-11(10)17/h10H,4-9H2,1-3H3. The van der Waals surface area contributed by atoms with E-state index >= 15 is 0 Å². The van der Waals surface area contributed by atoms with E-state index in [1.807, 2.05) is 20.8 Å². The lowest BCUT2D eigenvalue weighted by Crippen LogP contribution is -2.27. The third kappa shape index (κ3) is 2.86. The summed E-state index contributed by atoms with van der Waals surface area (Å²) in [4.78, 5) is 16.3. The molecule has 0 aromatic carbocycles. The quantitative estimate of drug-likeness (QED) is 0.819. The minimum absolute atomic E-state index is 0.210. The van der Waals surface area contributed by atoms with Crippen LogP contribution in [0, 0.1) is 0 Å². The Morgan fingerprint density at radius 3 is 2.84 bits per heavy atom. The van der Waals surface area contributed by atoms with E-state index < -0.39 is 5.60 Å². The van der Waals surface area contributed by atoms with Crippen LogP contribution in [0.3, 0.4) is 0 Å². The number of hydrogen-bond acceptors (Lipinski definition) is 5. The Hall–Kier alpha value is -1.23. The van der Waals surface area contributed by atoms with Crippen LogP contribution in [-0.2, 0) is 15.1 Å². The van der Waals surface area contributed by atoms with Gasteiger partial charge in [-0.15, -0.1) is 0 Å². The number of hydrogen-bond donors (Lipinski definition) is 0. The van der Waals surface area contributed by atoms with E-state index in [2.05, 4.69) is 10.1 Å². The number of aromatic nitrogens is 2. The van der Waals surface area contributed by atoms with Crippen LogP contribution in [0.15, 0.2) is 4.52 Å². The largest absolute Gasteiger partial charge is 0.367 e. The average molecular weight is 266 g/mol. The Bertz CT molecular complexity index is 444. The number of rotatable bonds is 5. The molecule has 106 valence electrons. The van der Waals surface area contributed by atoms with Crippen molar-refractivity contribution in [2.24, 2.45) is 0 Å². The number of Topliss-reactive ketones (excluding diaryl/α,β-unsaturated/α-hetero) is 1. The summed E-state index contributed by atoms with van der Waals surface area (Å²) in [7, 11) is 0. The summed E-state index contributed by atoms with van der Waals surface area (Å²) in [5, 5.41) is 4.02. The highest BCUT2D eigenvalue weighted by atomic mass is 16.5. The maximum atomic E-state index is 11.9. The zero-order valence-electron chi connectivity index (χ0n) is 11.9. The molecule has 1 aliphatic rings. The van der Waals surface area contributed by atoms with E-state index in [4.69, 9.17) is 9.26 Å². The maximum Gasteiger partial charge on any atom is 0.237 e. The SMILES string of the molecule is CCOC(C)(CC)c1noc(C2CCCCC2=O)n1. The zero-order chi connectivity index (χ0) is 13.9. The Morgan fingerprint density at radius 2 is 2.21 bits per heavy atom. The monoisotopic (exact) mass is 266 g/mol. The van der Waals surface area contributed by atoms with Crippen LogP contribution in [0.5, 0.6) is 0 Å². The number of carbonyl (C=O) groups excluding carboxylic acids is 1. The van der Waals surface area contributed by atoms with Gasteiger partial charge in [-0.25, -0.2) is 0 Å².